The Morgan fingerprint density at radius 1 is 1.38 bits per heavy atom. The quantitative estimate of drug-likeness (QED) is 0.785. The van der Waals surface area contributed by atoms with Crippen LogP contribution in [0.1, 0.15) is 56.0 Å². The van der Waals surface area contributed by atoms with Crippen molar-refractivity contribution in [1.82, 2.24) is 9.88 Å². The molecule has 1 unspecified atom stereocenters. The van der Waals surface area contributed by atoms with E-state index in [0.29, 0.717) is 13.2 Å². The molecule has 1 atom stereocenters. The predicted octanol–water partition coefficient (Wildman–Crippen LogP) is 2.43. The maximum atomic E-state index is 12.8. The van der Waals surface area contributed by atoms with Gasteiger partial charge in [-0.05, 0) is 50.7 Å². The summed E-state index contributed by atoms with van der Waals surface area (Å²) in [4.78, 5) is 12.8. The van der Waals surface area contributed by atoms with Gasteiger partial charge in [-0.25, -0.2) is 0 Å². The van der Waals surface area contributed by atoms with Gasteiger partial charge < -0.3 is 14.6 Å². The number of aromatic nitrogens is 1. The van der Waals surface area contributed by atoms with Gasteiger partial charge in [-0.3, -0.25) is 4.79 Å². The fourth-order valence-corrected chi connectivity index (χ4v) is 3.07. The van der Waals surface area contributed by atoms with Crippen molar-refractivity contribution in [2.24, 2.45) is 0 Å². The minimum Gasteiger partial charge on any atom is -0.383 e. The zero-order chi connectivity index (χ0) is 15.2. The second-order valence-electron chi connectivity index (χ2n) is 5.95. The lowest BCUT2D eigenvalue weighted by molar-refractivity contribution is 0.199. The lowest BCUT2D eigenvalue weighted by Gasteiger charge is -2.26. The van der Waals surface area contributed by atoms with Crippen molar-refractivity contribution < 1.29 is 4.74 Å². The van der Waals surface area contributed by atoms with Crippen molar-refractivity contribution in [2.75, 3.05) is 20.3 Å². The van der Waals surface area contributed by atoms with Crippen molar-refractivity contribution in [3.05, 3.63) is 33.2 Å². The summed E-state index contributed by atoms with van der Waals surface area (Å²) in [7, 11) is 1.69. The first-order chi connectivity index (χ1) is 10.2. The van der Waals surface area contributed by atoms with Crippen molar-refractivity contribution >= 4 is 0 Å². The van der Waals surface area contributed by atoms with Crippen LogP contribution in [0, 0.1) is 0 Å². The third kappa shape index (κ3) is 3.74. The molecule has 0 bridgehead atoms. The molecular formula is C17H28N2O2. The van der Waals surface area contributed by atoms with E-state index in [0.717, 1.165) is 31.4 Å². The fraction of sp³-hybridized carbons (Fsp3) is 0.706. The van der Waals surface area contributed by atoms with Crippen LogP contribution in [0.2, 0.25) is 0 Å². The molecule has 0 fully saturated rings. The largest absolute Gasteiger partial charge is 0.383 e. The van der Waals surface area contributed by atoms with Crippen LogP contribution in [0.4, 0.5) is 0 Å². The summed E-state index contributed by atoms with van der Waals surface area (Å²) in [5, 5.41) is 3.30. The number of nitrogens with one attached hydrogen (secondary N) is 1. The van der Waals surface area contributed by atoms with Gasteiger partial charge in [0.15, 0.2) is 0 Å². The topological polar surface area (TPSA) is 43.3 Å². The van der Waals surface area contributed by atoms with E-state index in [1.165, 1.54) is 24.1 Å². The van der Waals surface area contributed by atoms with E-state index in [4.69, 9.17) is 4.74 Å². The molecule has 1 aliphatic rings. The molecule has 0 amide bonds. The van der Waals surface area contributed by atoms with Crippen LogP contribution in [0.5, 0.6) is 0 Å². The highest BCUT2D eigenvalue weighted by Gasteiger charge is 2.19. The van der Waals surface area contributed by atoms with Crippen LogP contribution in [0.3, 0.4) is 0 Å². The third-order valence-corrected chi connectivity index (χ3v) is 4.44. The highest BCUT2D eigenvalue weighted by Crippen LogP contribution is 2.24. The van der Waals surface area contributed by atoms with Gasteiger partial charge in [-0.2, -0.15) is 0 Å². The Morgan fingerprint density at radius 2 is 2.14 bits per heavy atom. The van der Waals surface area contributed by atoms with Gasteiger partial charge in [0.2, 0.25) is 0 Å². The minimum atomic E-state index is 0.190. The van der Waals surface area contributed by atoms with Crippen LogP contribution in [0.15, 0.2) is 10.9 Å². The molecule has 1 N–H and O–H groups in total. The standard InChI is InChI=1S/C17H28N2O2/c1-4-13(2)19-16-8-6-5-7-14(16)11-15(17(19)20)12-18-9-10-21-3/h11,13,18H,4-10,12H2,1-3H3. The van der Waals surface area contributed by atoms with E-state index in [2.05, 4.69) is 29.8 Å². The number of fused-ring (bicyclic) bond motifs is 1. The Kier molecular flexibility index (Phi) is 6.00. The van der Waals surface area contributed by atoms with E-state index in [9.17, 15) is 4.79 Å². The number of methoxy groups -OCH3 is 1. The number of ether oxygens (including phenoxy) is 1. The van der Waals surface area contributed by atoms with E-state index in [1.54, 1.807) is 7.11 Å². The molecule has 1 aliphatic carbocycles. The summed E-state index contributed by atoms with van der Waals surface area (Å²) in [5.41, 5.74) is 3.74. The normalized spacial score (nSPS) is 15.8. The van der Waals surface area contributed by atoms with Crippen LogP contribution in [-0.2, 0) is 24.1 Å². The summed E-state index contributed by atoms with van der Waals surface area (Å²) >= 11 is 0. The molecular weight excluding hydrogens is 264 g/mol. The van der Waals surface area contributed by atoms with Crippen molar-refractivity contribution in [2.45, 2.75) is 58.5 Å². The summed E-state index contributed by atoms with van der Waals surface area (Å²) < 4.78 is 7.09. The Bertz CT molecular complexity index is 522. The number of nitrogens with zero attached hydrogens (tertiary/aromatic N) is 1. The first kappa shape index (κ1) is 16.2. The SMILES string of the molecule is CCC(C)n1c2c(cc(CNCCOC)c1=O)CCCC2. The van der Waals surface area contributed by atoms with Crippen LogP contribution >= 0.6 is 0 Å². The lowest BCUT2D eigenvalue weighted by Crippen LogP contribution is -2.34. The minimum absolute atomic E-state index is 0.190. The van der Waals surface area contributed by atoms with E-state index >= 15 is 0 Å². The van der Waals surface area contributed by atoms with Crippen molar-refractivity contribution in [3.8, 4) is 0 Å². The lowest BCUT2D eigenvalue weighted by atomic mass is 9.93. The molecule has 21 heavy (non-hydrogen) atoms. The summed E-state index contributed by atoms with van der Waals surface area (Å²) in [5.74, 6) is 0. The van der Waals surface area contributed by atoms with Gasteiger partial charge in [0.05, 0.1) is 6.61 Å². The molecule has 0 spiro atoms. The van der Waals surface area contributed by atoms with E-state index in [-0.39, 0.29) is 11.6 Å². The molecule has 118 valence electrons. The van der Waals surface area contributed by atoms with E-state index < -0.39 is 0 Å². The molecule has 2 rings (SSSR count). The molecule has 0 aromatic carbocycles. The van der Waals surface area contributed by atoms with Crippen molar-refractivity contribution in [1.29, 1.82) is 0 Å². The number of hydrogen-bond acceptors (Lipinski definition) is 3. The second kappa shape index (κ2) is 7.76. The average molecular weight is 292 g/mol. The molecule has 0 saturated heterocycles. The summed E-state index contributed by atoms with van der Waals surface area (Å²) in [6.07, 6.45) is 5.59. The summed E-state index contributed by atoms with van der Waals surface area (Å²) in [6, 6.07) is 2.42. The van der Waals surface area contributed by atoms with Gasteiger partial charge in [0.1, 0.15) is 0 Å². The van der Waals surface area contributed by atoms with Crippen LogP contribution in [-0.4, -0.2) is 24.8 Å². The highest BCUT2D eigenvalue weighted by atomic mass is 16.5. The molecule has 1 heterocycles. The number of rotatable bonds is 7. The highest BCUT2D eigenvalue weighted by molar-refractivity contribution is 5.29. The molecule has 0 aliphatic heterocycles. The molecule has 1 aromatic rings. The van der Waals surface area contributed by atoms with Gasteiger partial charge >= 0.3 is 0 Å². The molecule has 0 radical (unpaired) electrons. The zero-order valence-electron chi connectivity index (χ0n) is 13.6. The van der Waals surface area contributed by atoms with Gasteiger partial charge in [-0.15, -0.1) is 0 Å². The first-order valence-electron chi connectivity index (χ1n) is 8.14. The zero-order valence-corrected chi connectivity index (χ0v) is 13.6. The van der Waals surface area contributed by atoms with E-state index in [1.807, 2.05) is 0 Å². The van der Waals surface area contributed by atoms with Gasteiger partial charge in [0, 0.05) is 37.5 Å². The van der Waals surface area contributed by atoms with Gasteiger partial charge in [0.25, 0.3) is 5.56 Å². The molecule has 4 heteroatoms. The monoisotopic (exact) mass is 292 g/mol. The molecule has 4 nitrogen and oxygen atoms in total. The van der Waals surface area contributed by atoms with Crippen molar-refractivity contribution in [3.63, 3.8) is 0 Å². The predicted molar refractivity (Wildman–Crippen MR) is 85.9 cm³/mol. The maximum Gasteiger partial charge on any atom is 0.255 e. The van der Waals surface area contributed by atoms with Gasteiger partial charge in [-0.1, -0.05) is 6.92 Å². The Labute approximate surface area is 127 Å². The Balaban J connectivity index is 2.31. The summed E-state index contributed by atoms with van der Waals surface area (Å²) in [6.45, 7) is 6.38. The van der Waals surface area contributed by atoms with Crippen LogP contribution < -0.4 is 10.9 Å². The smallest absolute Gasteiger partial charge is 0.255 e. The third-order valence-electron chi connectivity index (χ3n) is 4.44. The molecule has 0 saturated carbocycles. The Morgan fingerprint density at radius 3 is 2.86 bits per heavy atom. The van der Waals surface area contributed by atoms with Crippen LogP contribution in [0.25, 0.3) is 0 Å². The molecule has 1 aromatic heterocycles. The number of aryl methyl sites for hydroxylation is 1. The maximum absolute atomic E-state index is 12.8. The second-order valence-corrected chi connectivity index (χ2v) is 5.95. The first-order valence-corrected chi connectivity index (χ1v) is 8.14. The fourth-order valence-electron chi connectivity index (χ4n) is 3.07. The number of pyridine rings is 1. The Hall–Kier alpha value is -1.13. The average Bonchev–Trinajstić information content (AvgIpc) is 2.51. The number of hydrogen-bond donors (Lipinski definition) is 1.